The Morgan fingerprint density at radius 2 is 1.85 bits per heavy atom. The molecule has 2 N–H and O–H groups in total. The fraction of sp³-hybridized carbons (Fsp3) is 0.448. The van der Waals surface area contributed by atoms with Crippen LogP contribution >= 0.6 is 0 Å². The monoisotopic (exact) mass is 458 g/mol. The van der Waals surface area contributed by atoms with E-state index in [1.54, 1.807) is 14.2 Å². The molecular weight excluding hydrogens is 424 g/mol. The average Bonchev–Trinajstić information content (AvgIpc) is 3.23. The van der Waals surface area contributed by atoms with Crippen molar-refractivity contribution in [3.63, 3.8) is 0 Å². The van der Waals surface area contributed by atoms with E-state index in [2.05, 4.69) is 47.1 Å². The summed E-state index contributed by atoms with van der Waals surface area (Å²) in [6.45, 7) is 4.60. The van der Waals surface area contributed by atoms with Gasteiger partial charge in [0.25, 0.3) is 0 Å². The van der Waals surface area contributed by atoms with Gasteiger partial charge in [0.05, 0.1) is 25.9 Å². The zero-order chi connectivity index (χ0) is 23.4. The molecule has 0 bridgehead atoms. The number of nitrogens with zero attached hydrogens (tertiary/aromatic N) is 1. The molecule has 1 saturated heterocycles. The van der Waals surface area contributed by atoms with Crippen LogP contribution in [0.4, 0.5) is 0 Å². The quantitative estimate of drug-likeness (QED) is 0.571. The molecule has 2 fully saturated rings. The Balaban J connectivity index is 1.29. The van der Waals surface area contributed by atoms with Gasteiger partial charge in [-0.3, -0.25) is 4.90 Å². The minimum Gasteiger partial charge on any atom is -0.497 e. The number of fused-ring (bicyclic) bond motifs is 6. The Labute approximate surface area is 201 Å². The van der Waals surface area contributed by atoms with Gasteiger partial charge in [0.15, 0.2) is 0 Å². The lowest BCUT2D eigenvalue weighted by Crippen LogP contribution is -2.57. The van der Waals surface area contributed by atoms with E-state index in [1.807, 2.05) is 18.2 Å². The van der Waals surface area contributed by atoms with E-state index in [0.717, 1.165) is 61.4 Å². The number of methoxy groups -OCH3 is 2. The van der Waals surface area contributed by atoms with Crippen LogP contribution < -0.4 is 9.47 Å². The van der Waals surface area contributed by atoms with Crippen molar-refractivity contribution in [1.82, 2.24) is 9.88 Å². The van der Waals surface area contributed by atoms with E-state index in [1.165, 1.54) is 22.2 Å². The van der Waals surface area contributed by atoms with Crippen LogP contribution in [-0.2, 0) is 12.0 Å². The molecule has 34 heavy (non-hydrogen) atoms. The Morgan fingerprint density at radius 3 is 2.62 bits per heavy atom. The molecule has 0 spiro atoms. The number of para-hydroxylation sites is 1. The summed E-state index contributed by atoms with van der Waals surface area (Å²) in [6, 6.07) is 14.6. The third-order valence-electron chi connectivity index (χ3n) is 8.64. The van der Waals surface area contributed by atoms with Gasteiger partial charge in [0, 0.05) is 35.8 Å². The third-order valence-corrected chi connectivity index (χ3v) is 8.64. The van der Waals surface area contributed by atoms with Crippen LogP contribution in [0, 0.1) is 11.8 Å². The van der Waals surface area contributed by atoms with Gasteiger partial charge >= 0.3 is 0 Å². The first kappa shape index (κ1) is 21.8. The van der Waals surface area contributed by atoms with Gasteiger partial charge in [-0.1, -0.05) is 24.3 Å². The molecule has 1 aromatic heterocycles. The molecule has 1 saturated carbocycles. The van der Waals surface area contributed by atoms with Gasteiger partial charge in [-0.15, -0.1) is 0 Å². The Kier molecular flexibility index (Phi) is 5.23. The average molecular weight is 459 g/mol. The molecule has 2 aromatic carbocycles. The van der Waals surface area contributed by atoms with Crippen LogP contribution in [0.15, 0.2) is 48.0 Å². The molecule has 178 valence electrons. The molecule has 0 radical (unpaired) electrons. The number of ether oxygens (including phenoxy) is 2. The second kappa shape index (κ2) is 8.17. The number of hydrogen-bond donors (Lipinski definition) is 2. The van der Waals surface area contributed by atoms with Crippen molar-refractivity contribution in [3.05, 3.63) is 64.9 Å². The maximum Gasteiger partial charge on any atom is 0.123 e. The minimum atomic E-state index is -0.403. The molecule has 6 rings (SSSR count). The van der Waals surface area contributed by atoms with E-state index in [-0.39, 0.29) is 5.54 Å². The zero-order valence-corrected chi connectivity index (χ0v) is 20.3. The molecule has 0 amide bonds. The van der Waals surface area contributed by atoms with Gasteiger partial charge in [-0.05, 0) is 79.3 Å². The first-order chi connectivity index (χ1) is 16.5. The number of aliphatic hydroxyl groups is 1. The fourth-order valence-corrected chi connectivity index (χ4v) is 6.87. The van der Waals surface area contributed by atoms with Crippen LogP contribution in [0.25, 0.3) is 17.0 Å². The van der Waals surface area contributed by atoms with Gasteiger partial charge in [0.2, 0.25) is 0 Å². The van der Waals surface area contributed by atoms with Crippen molar-refractivity contribution in [3.8, 4) is 11.5 Å². The smallest absolute Gasteiger partial charge is 0.123 e. The first-order valence-electron chi connectivity index (χ1n) is 12.4. The summed E-state index contributed by atoms with van der Waals surface area (Å²) in [4.78, 5) is 6.49. The van der Waals surface area contributed by atoms with E-state index in [4.69, 9.17) is 9.47 Å². The lowest BCUT2D eigenvalue weighted by atomic mass is 9.64. The highest BCUT2D eigenvalue weighted by Crippen LogP contribution is 2.51. The Hall–Kier alpha value is -2.76. The molecular formula is C29H34N2O3. The van der Waals surface area contributed by atoms with Crippen molar-refractivity contribution in [2.75, 3.05) is 27.3 Å². The normalized spacial score (nSPS) is 30.0. The number of piperidine rings is 1. The van der Waals surface area contributed by atoms with Crippen molar-refractivity contribution in [2.24, 2.45) is 11.8 Å². The number of aromatic amines is 1. The maximum atomic E-state index is 11.2. The maximum absolute atomic E-state index is 11.2. The van der Waals surface area contributed by atoms with Crippen LogP contribution in [0.5, 0.6) is 11.5 Å². The van der Waals surface area contributed by atoms with Crippen molar-refractivity contribution in [2.45, 2.75) is 44.2 Å². The predicted octanol–water partition coefficient (Wildman–Crippen LogP) is 5.13. The lowest BCUT2D eigenvalue weighted by molar-refractivity contribution is -0.0402. The van der Waals surface area contributed by atoms with E-state index in [0.29, 0.717) is 11.8 Å². The van der Waals surface area contributed by atoms with E-state index in [9.17, 15) is 5.11 Å². The summed E-state index contributed by atoms with van der Waals surface area (Å²) in [7, 11) is 3.34. The largest absolute Gasteiger partial charge is 0.497 e. The first-order valence-corrected chi connectivity index (χ1v) is 12.4. The molecule has 3 aliphatic rings. The summed E-state index contributed by atoms with van der Waals surface area (Å²) >= 11 is 0. The fourth-order valence-electron chi connectivity index (χ4n) is 6.87. The van der Waals surface area contributed by atoms with E-state index >= 15 is 0 Å². The second-order valence-electron chi connectivity index (χ2n) is 10.5. The van der Waals surface area contributed by atoms with E-state index < -0.39 is 6.10 Å². The number of benzene rings is 2. The highest BCUT2D eigenvalue weighted by molar-refractivity contribution is 5.85. The molecule has 3 heterocycles. The molecule has 2 aliphatic heterocycles. The molecule has 2 unspecified atom stereocenters. The zero-order valence-electron chi connectivity index (χ0n) is 20.3. The number of hydrogen-bond acceptors (Lipinski definition) is 4. The summed E-state index contributed by atoms with van der Waals surface area (Å²) in [6.07, 6.45) is 5.70. The van der Waals surface area contributed by atoms with Crippen LogP contribution in [0.1, 0.15) is 43.0 Å². The van der Waals surface area contributed by atoms with Gasteiger partial charge < -0.3 is 19.6 Å². The van der Waals surface area contributed by atoms with Gasteiger partial charge in [-0.25, -0.2) is 0 Å². The van der Waals surface area contributed by atoms with Crippen molar-refractivity contribution >= 4 is 17.0 Å². The van der Waals surface area contributed by atoms with Gasteiger partial charge in [-0.2, -0.15) is 0 Å². The third kappa shape index (κ3) is 3.45. The number of rotatable bonds is 3. The summed E-state index contributed by atoms with van der Waals surface area (Å²) in [5, 5.41) is 12.5. The SMILES string of the molecule is COc1cc(C=C2CC3CN4CCc5c([nH]c6ccccc56)[C@]4(C)CC3C[C@@H]2O)cc(OC)c1. The molecule has 4 atom stereocenters. The Morgan fingerprint density at radius 1 is 1.09 bits per heavy atom. The van der Waals surface area contributed by atoms with Crippen molar-refractivity contribution < 1.29 is 14.6 Å². The molecule has 1 aliphatic carbocycles. The summed E-state index contributed by atoms with van der Waals surface area (Å²) in [5.74, 6) is 2.63. The van der Waals surface area contributed by atoms with Crippen LogP contribution in [-0.4, -0.2) is 48.4 Å². The second-order valence-corrected chi connectivity index (χ2v) is 10.5. The molecule has 3 aromatic rings. The summed E-state index contributed by atoms with van der Waals surface area (Å²) in [5.41, 5.74) is 6.30. The number of nitrogens with one attached hydrogen (secondary N) is 1. The molecule has 5 nitrogen and oxygen atoms in total. The predicted molar refractivity (Wildman–Crippen MR) is 135 cm³/mol. The number of aromatic nitrogens is 1. The molecule has 5 heteroatoms. The van der Waals surface area contributed by atoms with Gasteiger partial charge in [0.1, 0.15) is 11.5 Å². The topological polar surface area (TPSA) is 57.7 Å². The standard InChI is InChI=1S/C29H34N2O3/c1-29-16-20-14-27(32)19(10-18-11-22(33-2)15-23(12-18)34-3)13-21(20)17-31(29)9-8-25-24-6-4-5-7-26(24)30-28(25)29/h4-7,10-12,15,20-21,27,30,32H,8-9,13-14,16-17H2,1-3H3/t20?,21?,27-,29-/m0/s1. The summed E-state index contributed by atoms with van der Waals surface area (Å²) < 4.78 is 10.9. The highest BCUT2D eigenvalue weighted by Gasteiger charge is 2.49. The Bertz CT molecular complexity index is 1240. The van der Waals surface area contributed by atoms with Crippen LogP contribution in [0.2, 0.25) is 0 Å². The highest BCUT2D eigenvalue weighted by atomic mass is 16.5. The number of aliphatic hydroxyl groups excluding tert-OH is 1. The number of H-pyrrole nitrogens is 1. The lowest BCUT2D eigenvalue weighted by Gasteiger charge is -2.55. The minimum absolute atomic E-state index is 0.00880. The van der Waals surface area contributed by atoms with Crippen LogP contribution in [0.3, 0.4) is 0 Å². The van der Waals surface area contributed by atoms with Crippen molar-refractivity contribution in [1.29, 1.82) is 0 Å².